The predicted octanol–water partition coefficient (Wildman–Crippen LogP) is 6.03. The second kappa shape index (κ2) is 12.4. The highest BCUT2D eigenvalue weighted by molar-refractivity contribution is 9.10. The van der Waals surface area contributed by atoms with E-state index in [1.54, 1.807) is 7.11 Å². The van der Waals surface area contributed by atoms with Crippen LogP contribution in [0, 0.1) is 0 Å². The number of benzene rings is 3. The van der Waals surface area contributed by atoms with Gasteiger partial charge in [-0.25, -0.2) is 4.98 Å². The smallest absolute Gasteiger partial charge is 0.251 e. The molecule has 0 aliphatic carbocycles. The Kier molecular flexibility index (Phi) is 8.79. The Balaban J connectivity index is 1.28. The van der Waals surface area contributed by atoms with Gasteiger partial charge in [-0.15, -0.1) is 0 Å². The molecule has 0 fully saturated rings. The van der Waals surface area contributed by atoms with E-state index in [9.17, 15) is 4.79 Å². The van der Waals surface area contributed by atoms with Crippen molar-refractivity contribution in [2.24, 2.45) is 0 Å². The maximum atomic E-state index is 12.4. The van der Waals surface area contributed by atoms with Crippen LogP contribution in [0.5, 0.6) is 11.5 Å². The standard InChI is InChI=1S/C28H30BrN3O3/c1-34-23-8-6-9-24(20-23)35-19-5-4-18-32-26-11-3-2-10-25(26)31-27(32)12-7-17-30-28(33)21-13-15-22(29)16-14-21/h2-3,6,8-11,13-16,20H,4-5,7,12,17-19H2,1H3,(H,30,33). The number of para-hydroxylation sites is 2. The molecule has 182 valence electrons. The van der Waals surface area contributed by atoms with Gasteiger partial charge in [-0.1, -0.05) is 34.1 Å². The van der Waals surface area contributed by atoms with Crippen LogP contribution in [0.3, 0.4) is 0 Å². The van der Waals surface area contributed by atoms with Gasteiger partial charge in [-0.3, -0.25) is 4.79 Å². The molecule has 0 unspecified atom stereocenters. The van der Waals surface area contributed by atoms with Crippen molar-refractivity contribution in [1.29, 1.82) is 0 Å². The first-order chi connectivity index (χ1) is 17.1. The van der Waals surface area contributed by atoms with Crippen molar-refractivity contribution in [2.75, 3.05) is 20.3 Å². The van der Waals surface area contributed by atoms with Crippen molar-refractivity contribution < 1.29 is 14.3 Å². The third-order valence-corrected chi connectivity index (χ3v) is 6.32. The van der Waals surface area contributed by atoms with Crippen molar-refractivity contribution in [3.05, 3.63) is 88.7 Å². The van der Waals surface area contributed by atoms with Gasteiger partial charge in [0.25, 0.3) is 5.91 Å². The summed E-state index contributed by atoms with van der Waals surface area (Å²) in [4.78, 5) is 17.2. The number of rotatable bonds is 12. The lowest BCUT2D eigenvalue weighted by molar-refractivity contribution is 0.0953. The molecule has 0 spiro atoms. The predicted molar refractivity (Wildman–Crippen MR) is 142 cm³/mol. The number of ether oxygens (including phenoxy) is 2. The average Bonchev–Trinajstić information content (AvgIpc) is 3.24. The second-order valence-electron chi connectivity index (χ2n) is 8.27. The molecule has 0 aliphatic rings. The van der Waals surface area contributed by atoms with E-state index in [4.69, 9.17) is 14.5 Å². The summed E-state index contributed by atoms with van der Waals surface area (Å²) in [7, 11) is 1.66. The van der Waals surface area contributed by atoms with E-state index in [-0.39, 0.29) is 5.91 Å². The van der Waals surface area contributed by atoms with Crippen molar-refractivity contribution in [3.63, 3.8) is 0 Å². The van der Waals surface area contributed by atoms with E-state index >= 15 is 0 Å². The molecule has 0 saturated carbocycles. The third kappa shape index (κ3) is 6.85. The summed E-state index contributed by atoms with van der Waals surface area (Å²) in [5, 5.41) is 3.01. The zero-order valence-electron chi connectivity index (χ0n) is 19.9. The van der Waals surface area contributed by atoms with E-state index in [0.717, 1.165) is 65.1 Å². The third-order valence-electron chi connectivity index (χ3n) is 5.79. The van der Waals surface area contributed by atoms with Crippen molar-refractivity contribution in [3.8, 4) is 11.5 Å². The van der Waals surface area contributed by atoms with Crippen LogP contribution in [0.25, 0.3) is 11.0 Å². The summed E-state index contributed by atoms with van der Waals surface area (Å²) >= 11 is 3.40. The SMILES string of the molecule is COc1cccc(OCCCCn2c(CCCNC(=O)c3ccc(Br)cc3)nc3ccccc32)c1. The van der Waals surface area contributed by atoms with Crippen LogP contribution in [-0.2, 0) is 13.0 Å². The van der Waals surface area contributed by atoms with Gasteiger partial charge in [0.2, 0.25) is 0 Å². The second-order valence-corrected chi connectivity index (χ2v) is 9.18. The first-order valence-electron chi connectivity index (χ1n) is 11.9. The molecule has 0 atom stereocenters. The number of methoxy groups -OCH3 is 1. The van der Waals surface area contributed by atoms with Gasteiger partial charge in [0.05, 0.1) is 24.8 Å². The van der Waals surface area contributed by atoms with E-state index in [1.807, 2.05) is 54.6 Å². The molecular formula is C28H30BrN3O3. The average molecular weight is 536 g/mol. The van der Waals surface area contributed by atoms with Crippen molar-refractivity contribution >= 4 is 32.9 Å². The van der Waals surface area contributed by atoms with Gasteiger partial charge in [-0.05, 0) is 67.8 Å². The highest BCUT2D eigenvalue weighted by atomic mass is 79.9. The van der Waals surface area contributed by atoms with Gasteiger partial charge in [0.15, 0.2) is 0 Å². The lowest BCUT2D eigenvalue weighted by Crippen LogP contribution is -2.25. The van der Waals surface area contributed by atoms with Gasteiger partial charge in [0.1, 0.15) is 17.3 Å². The van der Waals surface area contributed by atoms with E-state index in [1.165, 1.54) is 0 Å². The van der Waals surface area contributed by atoms with Crippen LogP contribution in [-0.4, -0.2) is 35.7 Å². The fraction of sp³-hybridized carbons (Fsp3) is 0.286. The summed E-state index contributed by atoms with van der Waals surface area (Å²) in [6.45, 7) is 2.13. The first-order valence-corrected chi connectivity index (χ1v) is 12.7. The molecule has 0 bridgehead atoms. The summed E-state index contributed by atoms with van der Waals surface area (Å²) < 4.78 is 14.4. The van der Waals surface area contributed by atoms with Gasteiger partial charge < -0.3 is 19.4 Å². The van der Waals surface area contributed by atoms with Crippen LogP contribution in [0.4, 0.5) is 0 Å². The molecular weight excluding hydrogens is 506 g/mol. The van der Waals surface area contributed by atoms with Crippen LogP contribution in [0.2, 0.25) is 0 Å². The Hall–Kier alpha value is -3.32. The number of halogens is 1. The Labute approximate surface area is 214 Å². The summed E-state index contributed by atoms with van der Waals surface area (Å²) in [5.74, 6) is 2.62. The van der Waals surface area contributed by atoms with Gasteiger partial charge >= 0.3 is 0 Å². The number of fused-ring (bicyclic) bond motifs is 1. The number of aryl methyl sites for hydroxylation is 2. The number of hydrogen-bond acceptors (Lipinski definition) is 4. The van der Waals surface area contributed by atoms with Crippen molar-refractivity contribution in [1.82, 2.24) is 14.9 Å². The van der Waals surface area contributed by atoms with E-state index < -0.39 is 0 Å². The first kappa shape index (κ1) is 24.8. The normalized spacial score (nSPS) is 10.9. The molecule has 6 nitrogen and oxygen atoms in total. The number of aromatic nitrogens is 2. The minimum absolute atomic E-state index is 0.0537. The van der Waals surface area contributed by atoms with Crippen LogP contribution >= 0.6 is 15.9 Å². The lowest BCUT2D eigenvalue weighted by Gasteiger charge is -2.11. The van der Waals surface area contributed by atoms with Gasteiger partial charge in [0, 0.05) is 35.6 Å². The number of nitrogens with one attached hydrogen (secondary N) is 1. The zero-order valence-corrected chi connectivity index (χ0v) is 21.5. The molecule has 1 N–H and O–H groups in total. The molecule has 1 amide bonds. The monoisotopic (exact) mass is 535 g/mol. The van der Waals surface area contributed by atoms with Gasteiger partial charge in [-0.2, -0.15) is 0 Å². The highest BCUT2D eigenvalue weighted by Gasteiger charge is 2.11. The van der Waals surface area contributed by atoms with Crippen LogP contribution < -0.4 is 14.8 Å². The summed E-state index contributed by atoms with van der Waals surface area (Å²) in [6, 6.07) is 23.3. The number of imidazole rings is 1. The molecule has 3 aromatic carbocycles. The fourth-order valence-electron chi connectivity index (χ4n) is 3.97. The summed E-state index contributed by atoms with van der Waals surface area (Å²) in [6.07, 6.45) is 3.55. The quantitative estimate of drug-likeness (QED) is 0.225. The molecule has 4 aromatic rings. The Bertz CT molecular complexity index is 1250. The minimum atomic E-state index is -0.0537. The van der Waals surface area contributed by atoms with Crippen LogP contribution in [0.1, 0.15) is 35.4 Å². The molecule has 35 heavy (non-hydrogen) atoms. The number of nitrogens with zero attached hydrogens (tertiary/aromatic N) is 2. The number of carbonyl (C=O) groups is 1. The molecule has 0 radical (unpaired) electrons. The number of hydrogen-bond donors (Lipinski definition) is 1. The Morgan fingerprint density at radius 1 is 0.971 bits per heavy atom. The minimum Gasteiger partial charge on any atom is -0.497 e. The van der Waals surface area contributed by atoms with E-state index in [0.29, 0.717) is 18.7 Å². The maximum Gasteiger partial charge on any atom is 0.251 e. The molecule has 1 heterocycles. The number of unbranched alkanes of at least 4 members (excludes halogenated alkanes) is 1. The molecule has 0 saturated heterocycles. The number of carbonyl (C=O) groups excluding carboxylic acids is 1. The zero-order chi connectivity index (χ0) is 24.5. The number of amides is 1. The fourth-order valence-corrected chi connectivity index (χ4v) is 4.23. The maximum absolute atomic E-state index is 12.4. The largest absolute Gasteiger partial charge is 0.497 e. The Morgan fingerprint density at radius 2 is 1.77 bits per heavy atom. The van der Waals surface area contributed by atoms with E-state index in [2.05, 4.69) is 44.0 Å². The van der Waals surface area contributed by atoms with Crippen LogP contribution in [0.15, 0.2) is 77.3 Å². The summed E-state index contributed by atoms with van der Waals surface area (Å²) in [5.41, 5.74) is 2.82. The van der Waals surface area contributed by atoms with Crippen molar-refractivity contribution in [2.45, 2.75) is 32.2 Å². The molecule has 7 heteroatoms. The highest BCUT2D eigenvalue weighted by Crippen LogP contribution is 2.20. The lowest BCUT2D eigenvalue weighted by atomic mass is 10.2. The molecule has 0 aliphatic heterocycles. The topological polar surface area (TPSA) is 65.4 Å². The molecule has 4 rings (SSSR count). The molecule has 1 aromatic heterocycles. The Morgan fingerprint density at radius 3 is 2.60 bits per heavy atom.